The fourth-order valence-electron chi connectivity index (χ4n) is 3.54. The van der Waals surface area contributed by atoms with Crippen molar-refractivity contribution in [3.8, 4) is 0 Å². The van der Waals surface area contributed by atoms with Crippen LogP contribution in [0.3, 0.4) is 0 Å². The highest BCUT2D eigenvalue weighted by atomic mass is 32.1. The van der Waals surface area contributed by atoms with Gasteiger partial charge in [-0.25, -0.2) is 0 Å². The number of nitrogens with zero attached hydrogens (tertiary/aromatic N) is 4. The van der Waals surface area contributed by atoms with Gasteiger partial charge < -0.3 is 9.72 Å². The molecule has 8 nitrogen and oxygen atoms in total. The Labute approximate surface area is 168 Å². The van der Waals surface area contributed by atoms with Gasteiger partial charge >= 0.3 is 5.97 Å². The number of thiophene rings is 1. The van der Waals surface area contributed by atoms with E-state index >= 15 is 0 Å². The number of nitrogens with one attached hydrogen (secondary N) is 1. The Hall–Kier alpha value is -3.46. The highest BCUT2D eigenvalue weighted by Gasteiger charge is 2.17. The molecule has 0 aliphatic heterocycles. The number of carbonyl (C=O) groups excluding carboxylic acids is 1. The first-order valence-electron chi connectivity index (χ1n) is 9.14. The second-order valence-corrected chi connectivity index (χ2v) is 7.69. The van der Waals surface area contributed by atoms with Crippen LogP contribution < -0.4 is 5.56 Å². The van der Waals surface area contributed by atoms with Crippen molar-refractivity contribution >= 4 is 44.2 Å². The van der Waals surface area contributed by atoms with Gasteiger partial charge in [-0.15, -0.1) is 21.5 Å². The maximum Gasteiger partial charge on any atom is 0.306 e. The van der Waals surface area contributed by atoms with E-state index in [4.69, 9.17) is 4.74 Å². The molecule has 29 heavy (non-hydrogen) atoms. The molecule has 4 heterocycles. The molecule has 0 aliphatic rings. The van der Waals surface area contributed by atoms with E-state index in [0.717, 1.165) is 22.0 Å². The summed E-state index contributed by atoms with van der Waals surface area (Å²) in [6.45, 7) is -0.00294. The van der Waals surface area contributed by atoms with Crippen molar-refractivity contribution in [3.05, 3.63) is 63.7 Å². The molecule has 0 atom stereocenters. The van der Waals surface area contributed by atoms with Gasteiger partial charge in [0.15, 0.2) is 12.4 Å². The van der Waals surface area contributed by atoms with Crippen LogP contribution in [0, 0.1) is 0 Å². The molecule has 1 aromatic carbocycles. The van der Waals surface area contributed by atoms with Gasteiger partial charge in [0.25, 0.3) is 5.56 Å². The second-order valence-electron chi connectivity index (χ2n) is 6.77. The van der Waals surface area contributed by atoms with Gasteiger partial charge in [0.1, 0.15) is 4.70 Å². The van der Waals surface area contributed by atoms with Crippen molar-refractivity contribution in [2.45, 2.75) is 19.4 Å². The zero-order valence-corrected chi connectivity index (χ0v) is 16.4. The minimum absolute atomic E-state index is 0.00294. The molecule has 0 amide bonds. The smallest absolute Gasteiger partial charge is 0.306 e. The molecule has 0 bridgehead atoms. The number of rotatable bonds is 5. The Balaban J connectivity index is 1.33. The number of aromatic nitrogens is 5. The molecule has 0 saturated heterocycles. The molecule has 0 unspecified atom stereocenters. The van der Waals surface area contributed by atoms with E-state index in [0.29, 0.717) is 22.7 Å². The highest BCUT2D eigenvalue weighted by Crippen LogP contribution is 2.21. The summed E-state index contributed by atoms with van der Waals surface area (Å²) in [5.41, 5.74) is 2.75. The molecule has 0 aliphatic carbocycles. The van der Waals surface area contributed by atoms with Gasteiger partial charge in [0.2, 0.25) is 5.78 Å². The Bertz CT molecular complexity index is 1420. The third kappa shape index (κ3) is 2.90. The van der Waals surface area contributed by atoms with E-state index in [1.165, 1.54) is 15.9 Å². The molecular weight excluding hydrogens is 390 g/mol. The van der Waals surface area contributed by atoms with Crippen molar-refractivity contribution in [3.63, 3.8) is 0 Å². The lowest BCUT2D eigenvalue weighted by Crippen LogP contribution is -2.19. The number of fused-ring (bicyclic) bond motifs is 4. The molecule has 5 rings (SSSR count). The summed E-state index contributed by atoms with van der Waals surface area (Å²) in [7, 11) is 1.66. The predicted octanol–water partition coefficient (Wildman–Crippen LogP) is 2.80. The molecule has 0 spiro atoms. The first-order valence-corrected chi connectivity index (χ1v) is 10.0. The summed E-state index contributed by atoms with van der Waals surface area (Å²) in [5, 5.41) is 11.2. The average Bonchev–Trinajstić information content (AvgIpc) is 3.46. The van der Waals surface area contributed by atoms with Crippen LogP contribution >= 0.6 is 11.3 Å². The average molecular weight is 407 g/mol. The normalized spacial score (nSPS) is 11.6. The van der Waals surface area contributed by atoms with Crippen molar-refractivity contribution in [2.75, 3.05) is 0 Å². The number of carbonyl (C=O) groups is 1. The molecule has 0 saturated carbocycles. The first-order chi connectivity index (χ1) is 14.1. The van der Waals surface area contributed by atoms with Crippen LogP contribution in [0.5, 0.6) is 0 Å². The Morgan fingerprint density at radius 2 is 2.10 bits per heavy atom. The molecule has 0 fully saturated rings. The Morgan fingerprint density at radius 1 is 1.24 bits per heavy atom. The zero-order chi connectivity index (χ0) is 20.0. The fraction of sp³-hybridized carbons (Fsp3) is 0.200. The van der Waals surface area contributed by atoms with Crippen LogP contribution in [0.1, 0.15) is 17.8 Å². The van der Waals surface area contributed by atoms with Crippen molar-refractivity contribution in [1.29, 1.82) is 0 Å². The minimum Gasteiger partial charge on any atom is -0.457 e. The van der Waals surface area contributed by atoms with E-state index in [1.54, 1.807) is 11.4 Å². The lowest BCUT2D eigenvalue weighted by atomic mass is 10.1. The maximum absolute atomic E-state index is 12.4. The van der Waals surface area contributed by atoms with Gasteiger partial charge in [-0.2, -0.15) is 0 Å². The fourth-order valence-corrected chi connectivity index (χ4v) is 4.39. The van der Waals surface area contributed by atoms with Crippen LogP contribution in [0.2, 0.25) is 0 Å². The van der Waals surface area contributed by atoms with E-state index < -0.39 is 0 Å². The van der Waals surface area contributed by atoms with E-state index in [9.17, 15) is 9.59 Å². The molecule has 9 heteroatoms. The number of hydrogen-bond acceptors (Lipinski definition) is 6. The first kappa shape index (κ1) is 17.6. The molecular formula is C20H17N5O3S. The summed E-state index contributed by atoms with van der Waals surface area (Å²) in [6.07, 6.45) is 2.79. The van der Waals surface area contributed by atoms with Crippen molar-refractivity contribution in [1.82, 2.24) is 24.1 Å². The zero-order valence-electron chi connectivity index (χ0n) is 15.6. The van der Waals surface area contributed by atoms with Crippen molar-refractivity contribution < 1.29 is 9.53 Å². The van der Waals surface area contributed by atoms with Crippen LogP contribution in [-0.4, -0.2) is 30.1 Å². The number of H-pyrrole nitrogens is 1. The lowest BCUT2D eigenvalue weighted by Gasteiger charge is -2.06. The largest absolute Gasteiger partial charge is 0.457 e. The third-order valence-corrected chi connectivity index (χ3v) is 5.92. The number of hydrogen-bond donors (Lipinski definition) is 1. The summed E-state index contributed by atoms with van der Waals surface area (Å²) < 4.78 is 9.28. The molecule has 5 aromatic rings. The van der Waals surface area contributed by atoms with Crippen molar-refractivity contribution in [2.24, 2.45) is 7.05 Å². The minimum atomic E-state index is -0.307. The SMILES string of the molecule is Cn1c(=O)c2sccc2n2c(COC(=O)CCc3c[nH]c4ccccc34)nnc12. The van der Waals surface area contributed by atoms with E-state index in [1.807, 2.05) is 41.9 Å². The standard InChI is InChI=1S/C20H17N5O3S/c1-24-19(27)18-15(8-9-29-18)25-16(22-23-20(24)25)11-28-17(26)7-6-12-10-21-14-5-3-2-4-13(12)14/h2-5,8-10,21H,6-7,11H2,1H3. The topological polar surface area (TPSA) is 94.3 Å². The highest BCUT2D eigenvalue weighted by molar-refractivity contribution is 7.17. The summed E-state index contributed by atoms with van der Waals surface area (Å²) in [4.78, 5) is 27.9. The quantitative estimate of drug-likeness (QED) is 0.452. The Kier molecular flexibility index (Phi) is 4.17. The number of esters is 1. The molecule has 1 N–H and O–H groups in total. The van der Waals surface area contributed by atoms with Crippen LogP contribution in [0.25, 0.3) is 26.9 Å². The lowest BCUT2D eigenvalue weighted by molar-refractivity contribution is -0.145. The maximum atomic E-state index is 12.4. The second kappa shape index (κ2) is 6.85. The van der Waals surface area contributed by atoms with Crippen LogP contribution in [0.4, 0.5) is 0 Å². The van der Waals surface area contributed by atoms with Gasteiger partial charge in [0, 0.05) is 30.6 Å². The number of ether oxygens (including phenoxy) is 1. The van der Waals surface area contributed by atoms with Crippen LogP contribution in [-0.2, 0) is 29.6 Å². The molecule has 0 radical (unpaired) electrons. The predicted molar refractivity (Wildman–Crippen MR) is 110 cm³/mol. The van der Waals surface area contributed by atoms with Gasteiger partial charge in [-0.3, -0.25) is 18.6 Å². The van der Waals surface area contributed by atoms with E-state index in [2.05, 4.69) is 15.2 Å². The molecule has 4 aromatic heterocycles. The van der Waals surface area contributed by atoms with Gasteiger partial charge in [-0.05, 0) is 29.5 Å². The molecule has 146 valence electrons. The van der Waals surface area contributed by atoms with E-state index in [-0.39, 0.29) is 24.6 Å². The Morgan fingerprint density at radius 3 is 3.00 bits per heavy atom. The third-order valence-electron chi connectivity index (χ3n) is 5.03. The number of para-hydroxylation sites is 1. The summed E-state index contributed by atoms with van der Waals surface area (Å²) in [5.74, 6) is 0.601. The number of benzene rings is 1. The summed E-state index contributed by atoms with van der Waals surface area (Å²) >= 11 is 1.37. The van der Waals surface area contributed by atoms with Gasteiger partial charge in [-0.1, -0.05) is 18.2 Å². The number of aromatic amines is 1. The monoisotopic (exact) mass is 407 g/mol. The summed E-state index contributed by atoms with van der Waals surface area (Å²) in [6, 6.07) is 9.84. The van der Waals surface area contributed by atoms with Crippen LogP contribution in [0.15, 0.2) is 46.7 Å². The number of aryl methyl sites for hydroxylation is 2. The van der Waals surface area contributed by atoms with Gasteiger partial charge in [0.05, 0.1) is 5.52 Å².